The standard InChI is InChI=1S/C29H43N3O5S/c1-8-23(5)30-29(34)26(9-2)31(20-24-14-16-25(37-6)17-15-24)28(33)11-10-18-32(38(7,35)36)27-19-21(3)12-13-22(27)4/h12-17,19,23,26H,8-11,18,20H2,1-7H3,(H,30,34). The van der Waals surface area contributed by atoms with Crippen LogP contribution in [0.15, 0.2) is 42.5 Å². The number of anilines is 1. The number of ether oxygens (including phenoxy) is 1. The van der Waals surface area contributed by atoms with Crippen LogP contribution in [0, 0.1) is 13.8 Å². The van der Waals surface area contributed by atoms with Gasteiger partial charge in [0.2, 0.25) is 21.8 Å². The Balaban J connectivity index is 2.26. The monoisotopic (exact) mass is 545 g/mol. The van der Waals surface area contributed by atoms with Crippen LogP contribution in [0.2, 0.25) is 0 Å². The Hall–Kier alpha value is -3.07. The summed E-state index contributed by atoms with van der Waals surface area (Å²) in [6.45, 7) is 10.0. The third-order valence-electron chi connectivity index (χ3n) is 6.68. The Labute approximate surface area is 228 Å². The van der Waals surface area contributed by atoms with Crippen LogP contribution in [0.5, 0.6) is 5.75 Å². The van der Waals surface area contributed by atoms with Crippen LogP contribution >= 0.6 is 0 Å². The summed E-state index contributed by atoms with van der Waals surface area (Å²) in [5.74, 6) is 0.332. The lowest BCUT2D eigenvalue weighted by Gasteiger charge is -2.32. The van der Waals surface area contributed by atoms with Crippen molar-refractivity contribution >= 4 is 27.5 Å². The number of hydrogen-bond donors (Lipinski definition) is 1. The number of rotatable bonds is 14. The molecule has 1 N–H and O–H groups in total. The first-order valence-corrected chi connectivity index (χ1v) is 15.0. The van der Waals surface area contributed by atoms with Gasteiger partial charge in [-0.25, -0.2) is 8.42 Å². The van der Waals surface area contributed by atoms with Crippen LogP contribution in [0.1, 0.15) is 63.1 Å². The van der Waals surface area contributed by atoms with Crippen LogP contribution in [-0.2, 0) is 26.2 Å². The molecule has 0 radical (unpaired) electrons. The number of amides is 2. The summed E-state index contributed by atoms with van der Waals surface area (Å²) < 4.78 is 31.9. The van der Waals surface area contributed by atoms with E-state index in [-0.39, 0.29) is 37.4 Å². The highest BCUT2D eigenvalue weighted by molar-refractivity contribution is 7.92. The van der Waals surface area contributed by atoms with Gasteiger partial charge in [0.05, 0.1) is 19.1 Å². The Morgan fingerprint density at radius 2 is 1.68 bits per heavy atom. The van der Waals surface area contributed by atoms with Crippen molar-refractivity contribution < 1.29 is 22.7 Å². The highest BCUT2D eigenvalue weighted by Crippen LogP contribution is 2.25. The summed E-state index contributed by atoms with van der Waals surface area (Å²) in [7, 11) is -1.96. The number of nitrogens with zero attached hydrogens (tertiary/aromatic N) is 2. The molecule has 8 nitrogen and oxygen atoms in total. The number of sulfonamides is 1. The molecule has 0 aromatic heterocycles. The van der Waals surface area contributed by atoms with Crippen molar-refractivity contribution in [3.63, 3.8) is 0 Å². The van der Waals surface area contributed by atoms with Crippen molar-refractivity contribution in [3.8, 4) is 5.75 Å². The normalized spacial score (nSPS) is 12.9. The summed E-state index contributed by atoms with van der Waals surface area (Å²) in [6.07, 6.45) is 2.86. The van der Waals surface area contributed by atoms with E-state index in [1.165, 1.54) is 10.6 Å². The molecule has 38 heavy (non-hydrogen) atoms. The van der Waals surface area contributed by atoms with Crippen LogP contribution < -0.4 is 14.4 Å². The van der Waals surface area contributed by atoms with Gasteiger partial charge in [0, 0.05) is 25.6 Å². The average Bonchev–Trinajstić information content (AvgIpc) is 2.87. The molecular formula is C29H43N3O5S. The molecule has 0 saturated carbocycles. The molecule has 9 heteroatoms. The highest BCUT2D eigenvalue weighted by atomic mass is 32.2. The van der Waals surface area contributed by atoms with E-state index in [9.17, 15) is 18.0 Å². The topological polar surface area (TPSA) is 96.0 Å². The summed E-state index contributed by atoms with van der Waals surface area (Å²) in [6, 6.07) is 12.5. The van der Waals surface area contributed by atoms with Crippen molar-refractivity contribution in [1.82, 2.24) is 10.2 Å². The Morgan fingerprint density at radius 1 is 1.03 bits per heavy atom. The van der Waals surface area contributed by atoms with Crippen molar-refractivity contribution in [3.05, 3.63) is 59.2 Å². The zero-order valence-corrected chi connectivity index (χ0v) is 24.6. The molecule has 2 aromatic rings. The van der Waals surface area contributed by atoms with Crippen molar-refractivity contribution in [2.24, 2.45) is 0 Å². The third-order valence-corrected chi connectivity index (χ3v) is 7.86. The number of benzene rings is 2. The first-order chi connectivity index (χ1) is 17.9. The predicted molar refractivity (Wildman–Crippen MR) is 153 cm³/mol. The second kappa shape index (κ2) is 14.2. The van der Waals surface area contributed by atoms with E-state index in [0.717, 1.165) is 23.1 Å². The molecule has 0 heterocycles. The molecule has 2 rings (SSSR count). The van der Waals surface area contributed by atoms with Gasteiger partial charge in [0.1, 0.15) is 11.8 Å². The second-order valence-electron chi connectivity index (χ2n) is 9.84. The first-order valence-electron chi connectivity index (χ1n) is 13.2. The van der Waals surface area contributed by atoms with E-state index in [1.54, 1.807) is 12.0 Å². The average molecular weight is 546 g/mol. The van der Waals surface area contributed by atoms with Crippen LogP contribution in [0.25, 0.3) is 0 Å². The second-order valence-corrected chi connectivity index (χ2v) is 11.7. The minimum absolute atomic E-state index is 0.00428. The van der Waals surface area contributed by atoms with Crippen LogP contribution in [0.3, 0.4) is 0 Å². The van der Waals surface area contributed by atoms with E-state index >= 15 is 0 Å². The van der Waals surface area contributed by atoms with Gasteiger partial charge in [0.15, 0.2) is 0 Å². The molecule has 0 spiro atoms. The highest BCUT2D eigenvalue weighted by Gasteiger charge is 2.29. The Morgan fingerprint density at radius 3 is 2.24 bits per heavy atom. The lowest BCUT2D eigenvalue weighted by atomic mass is 10.1. The molecule has 0 saturated heterocycles. The van der Waals surface area contributed by atoms with Crippen molar-refractivity contribution in [2.75, 3.05) is 24.2 Å². The molecule has 2 aromatic carbocycles. The van der Waals surface area contributed by atoms with Gasteiger partial charge < -0.3 is 15.0 Å². The van der Waals surface area contributed by atoms with E-state index in [1.807, 2.05) is 77.1 Å². The predicted octanol–water partition coefficient (Wildman–Crippen LogP) is 4.58. The maximum Gasteiger partial charge on any atom is 0.243 e. The first kappa shape index (κ1) is 31.1. The summed E-state index contributed by atoms with van der Waals surface area (Å²) in [5.41, 5.74) is 3.30. The number of carbonyl (C=O) groups is 2. The third kappa shape index (κ3) is 8.75. The van der Waals surface area contributed by atoms with Gasteiger partial charge in [-0.3, -0.25) is 13.9 Å². The van der Waals surface area contributed by atoms with E-state index < -0.39 is 16.1 Å². The zero-order valence-electron chi connectivity index (χ0n) is 23.8. The summed E-state index contributed by atoms with van der Waals surface area (Å²) in [4.78, 5) is 28.3. The molecule has 2 amide bonds. The largest absolute Gasteiger partial charge is 0.497 e. The van der Waals surface area contributed by atoms with Gasteiger partial charge in [-0.05, 0) is 74.9 Å². The van der Waals surface area contributed by atoms with Gasteiger partial charge in [-0.15, -0.1) is 0 Å². The van der Waals surface area contributed by atoms with E-state index in [4.69, 9.17) is 4.74 Å². The summed E-state index contributed by atoms with van der Waals surface area (Å²) in [5, 5.41) is 3.01. The Bertz CT molecular complexity index is 1180. The molecule has 2 atom stereocenters. The lowest BCUT2D eigenvalue weighted by molar-refractivity contribution is -0.141. The van der Waals surface area contributed by atoms with Gasteiger partial charge in [-0.1, -0.05) is 38.1 Å². The summed E-state index contributed by atoms with van der Waals surface area (Å²) >= 11 is 0. The molecule has 0 aliphatic rings. The molecule has 0 aliphatic carbocycles. The van der Waals surface area contributed by atoms with Gasteiger partial charge in [-0.2, -0.15) is 0 Å². The molecule has 2 unspecified atom stereocenters. The lowest BCUT2D eigenvalue weighted by Crippen LogP contribution is -2.50. The number of nitrogens with one attached hydrogen (secondary N) is 1. The molecule has 0 fully saturated rings. The van der Waals surface area contributed by atoms with Crippen LogP contribution in [0.4, 0.5) is 5.69 Å². The fraction of sp³-hybridized carbons (Fsp3) is 0.517. The fourth-order valence-corrected chi connectivity index (χ4v) is 5.27. The quantitative estimate of drug-likeness (QED) is 0.375. The minimum Gasteiger partial charge on any atom is -0.497 e. The number of hydrogen-bond acceptors (Lipinski definition) is 5. The SMILES string of the molecule is CCC(C)NC(=O)C(CC)N(Cc1ccc(OC)cc1)C(=O)CCCN(c1cc(C)ccc1C)S(C)(=O)=O. The zero-order chi connectivity index (χ0) is 28.5. The molecule has 0 aliphatic heterocycles. The number of aryl methyl sites for hydroxylation is 2. The number of methoxy groups -OCH3 is 1. The minimum atomic E-state index is -3.55. The maximum atomic E-state index is 13.6. The smallest absolute Gasteiger partial charge is 0.243 e. The van der Waals surface area contributed by atoms with E-state index in [2.05, 4.69) is 5.32 Å². The molecule has 0 bridgehead atoms. The van der Waals surface area contributed by atoms with Gasteiger partial charge >= 0.3 is 0 Å². The molecule has 210 valence electrons. The maximum absolute atomic E-state index is 13.6. The molecular weight excluding hydrogens is 502 g/mol. The van der Waals surface area contributed by atoms with Crippen molar-refractivity contribution in [1.29, 1.82) is 0 Å². The number of carbonyl (C=O) groups excluding carboxylic acids is 2. The Kier molecular flexibility index (Phi) is 11.6. The van der Waals surface area contributed by atoms with Crippen LogP contribution in [-0.4, -0.2) is 57.1 Å². The van der Waals surface area contributed by atoms with Crippen molar-refractivity contribution in [2.45, 2.75) is 78.9 Å². The van der Waals surface area contributed by atoms with E-state index in [0.29, 0.717) is 24.3 Å². The van der Waals surface area contributed by atoms with Gasteiger partial charge in [0.25, 0.3) is 0 Å². The fourth-order valence-electron chi connectivity index (χ4n) is 4.26.